The lowest BCUT2D eigenvalue weighted by atomic mass is 9.67. The molecule has 0 spiro atoms. The summed E-state index contributed by atoms with van der Waals surface area (Å²) in [6.45, 7) is 6.56. The summed E-state index contributed by atoms with van der Waals surface area (Å²) in [6.07, 6.45) is 3.10. The molecule has 0 aromatic heterocycles. The highest BCUT2D eigenvalue weighted by molar-refractivity contribution is 5.71. The van der Waals surface area contributed by atoms with Crippen molar-refractivity contribution in [3.8, 4) is 0 Å². The molecule has 2 fully saturated rings. The van der Waals surface area contributed by atoms with Crippen LogP contribution in [0, 0.1) is 22.7 Å². The first-order valence-corrected chi connectivity index (χ1v) is 5.10. The van der Waals surface area contributed by atoms with E-state index in [1.165, 1.54) is 6.42 Å². The minimum absolute atomic E-state index is 0.0174. The van der Waals surface area contributed by atoms with Gasteiger partial charge in [-0.25, -0.2) is 9.90 Å². The SMILES string of the molecule is CC1(C)C2CC[C@@]1(C)C(C([O])=O)C2. The van der Waals surface area contributed by atoms with Crippen molar-refractivity contribution in [1.29, 1.82) is 0 Å². The fourth-order valence-electron chi connectivity index (χ4n) is 3.56. The Labute approximate surface area is 79.3 Å². The van der Waals surface area contributed by atoms with Gasteiger partial charge in [0.15, 0.2) is 0 Å². The maximum atomic E-state index is 11.0. The molecule has 0 N–H and O–H groups in total. The van der Waals surface area contributed by atoms with E-state index in [0.29, 0.717) is 5.92 Å². The van der Waals surface area contributed by atoms with Crippen molar-refractivity contribution in [2.75, 3.05) is 0 Å². The summed E-state index contributed by atoms with van der Waals surface area (Å²) >= 11 is 0. The highest BCUT2D eigenvalue weighted by Gasteiger charge is 2.63. The Hall–Kier alpha value is -0.530. The zero-order chi connectivity index (χ0) is 9.85. The van der Waals surface area contributed by atoms with Gasteiger partial charge in [0, 0.05) is 0 Å². The molecule has 0 heterocycles. The largest absolute Gasteiger partial charge is 0.359 e. The van der Waals surface area contributed by atoms with Crippen molar-refractivity contribution >= 4 is 5.97 Å². The van der Waals surface area contributed by atoms with Crippen molar-refractivity contribution in [3.63, 3.8) is 0 Å². The topological polar surface area (TPSA) is 37.0 Å². The van der Waals surface area contributed by atoms with Crippen LogP contribution in [0.3, 0.4) is 0 Å². The van der Waals surface area contributed by atoms with Gasteiger partial charge in [0.1, 0.15) is 0 Å². The second kappa shape index (κ2) is 2.28. The lowest BCUT2D eigenvalue weighted by molar-refractivity contribution is -0.153. The van der Waals surface area contributed by atoms with Crippen molar-refractivity contribution in [3.05, 3.63) is 0 Å². The molecule has 0 aliphatic heterocycles. The van der Waals surface area contributed by atoms with Gasteiger partial charge in [-0.05, 0) is 36.0 Å². The monoisotopic (exact) mass is 181 g/mol. The van der Waals surface area contributed by atoms with Crippen LogP contribution >= 0.6 is 0 Å². The number of carbonyl (C=O) groups excluding carboxylic acids is 1. The number of hydrogen-bond donors (Lipinski definition) is 0. The Morgan fingerprint density at radius 2 is 1.92 bits per heavy atom. The molecule has 0 saturated heterocycles. The average Bonchev–Trinajstić information content (AvgIpc) is 2.34. The van der Waals surface area contributed by atoms with Gasteiger partial charge in [-0.3, -0.25) is 0 Å². The van der Waals surface area contributed by atoms with E-state index in [1.54, 1.807) is 0 Å². The zero-order valence-corrected chi connectivity index (χ0v) is 8.59. The smallest absolute Gasteiger partial charge is 0.247 e. The zero-order valence-electron chi connectivity index (χ0n) is 8.59. The molecular formula is C11H17O2. The van der Waals surface area contributed by atoms with Crippen LogP contribution in [0.4, 0.5) is 0 Å². The van der Waals surface area contributed by atoms with Gasteiger partial charge in [0.25, 0.3) is 0 Å². The standard InChI is InChI=1S/C11H17O2/c1-10(2)7-4-5-11(10,3)8(6-7)9(12)13/h7-8H,4-6H2,1-3H3/t7?,8?,11-/m0/s1. The third-order valence-corrected chi connectivity index (χ3v) is 5.08. The maximum Gasteiger partial charge on any atom is 0.359 e. The molecule has 0 amide bonds. The van der Waals surface area contributed by atoms with E-state index in [4.69, 9.17) is 0 Å². The van der Waals surface area contributed by atoms with E-state index in [-0.39, 0.29) is 16.7 Å². The quantitative estimate of drug-likeness (QED) is 0.612. The Morgan fingerprint density at radius 3 is 2.15 bits per heavy atom. The summed E-state index contributed by atoms with van der Waals surface area (Å²) in [4.78, 5) is 11.0. The molecule has 2 aliphatic rings. The van der Waals surface area contributed by atoms with Crippen molar-refractivity contribution in [2.45, 2.75) is 40.0 Å². The van der Waals surface area contributed by atoms with Gasteiger partial charge in [-0.2, -0.15) is 0 Å². The Balaban J connectivity index is 2.38. The van der Waals surface area contributed by atoms with Gasteiger partial charge in [0.05, 0.1) is 5.92 Å². The predicted octanol–water partition coefficient (Wildman–Crippen LogP) is 2.41. The van der Waals surface area contributed by atoms with Gasteiger partial charge in [-0.15, -0.1) is 0 Å². The Bertz CT molecular complexity index is 257. The van der Waals surface area contributed by atoms with Crippen LogP contribution in [-0.4, -0.2) is 5.97 Å². The predicted molar refractivity (Wildman–Crippen MR) is 48.4 cm³/mol. The van der Waals surface area contributed by atoms with Crippen LogP contribution in [-0.2, 0) is 9.90 Å². The van der Waals surface area contributed by atoms with E-state index in [9.17, 15) is 9.90 Å². The molecule has 1 radical (unpaired) electrons. The molecule has 2 nitrogen and oxygen atoms in total. The fourth-order valence-corrected chi connectivity index (χ4v) is 3.56. The van der Waals surface area contributed by atoms with Gasteiger partial charge >= 0.3 is 5.97 Å². The van der Waals surface area contributed by atoms with E-state index >= 15 is 0 Å². The number of hydrogen-bond acceptors (Lipinski definition) is 1. The first-order valence-electron chi connectivity index (χ1n) is 5.10. The first-order chi connectivity index (χ1) is 5.89. The molecule has 73 valence electrons. The first kappa shape index (κ1) is 9.04. The molecule has 3 atom stereocenters. The molecule has 13 heavy (non-hydrogen) atoms. The lowest BCUT2D eigenvalue weighted by Crippen LogP contribution is -2.35. The summed E-state index contributed by atoms with van der Waals surface area (Å²) in [5, 5.41) is 11.0. The van der Waals surface area contributed by atoms with Crippen LogP contribution in [0.25, 0.3) is 0 Å². The number of fused-ring (bicyclic) bond motifs is 2. The van der Waals surface area contributed by atoms with Crippen LogP contribution in [0.5, 0.6) is 0 Å². The van der Waals surface area contributed by atoms with E-state index in [2.05, 4.69) is 20.8 Å². The maximum absolute atomic E-state index is 11.0. The van der Waals surface area contributed by atoms with Gasteiger partial charge < -0.3 is 0 Å². The summed E-state index contributed by atoms with van der Waals surface area (Å²) < 4.78 is 0. The van der Waals surface area contributed by atoms with Crippen LogP contribution < -0.4 is 0 Å². The molecule has 2 aliphatic carbocycles. The summed E-state index contributed by atoms with van der Waals surface area (Å²) in [6, 6.07) is 0. The van der Waals surface area contributed by atoms with Crippen LogP contribution in [0.15, 0.2) is 0 Å². The van der Waals surface area contributed by atoms with Crippen molar-refractivity contribution < 1.29 is 9.90 Å². The molecule has 2 heteroatoms. The van der Waals surface area contributed by atoms with E-state index < -0.39 is 5.97 Å². The van der Waals surface area contributed by atoms with Crippen molar-refractivity contribution in [2.24, 2.45) is 22.7 Å². The second-order valence-electron chi connectivity index (χ2n) is 5.48. The Kier molecular flexibility index (Phi) is 1.59. The molecule has 2 saturated carbocycles. The molecule has 2 bridgehead atoms. The third-order valence-electron chi connectivity index (χ3n) is 5.08. The summed E-state index contributed by atoms with van der Waals surface area (Å²) in [5.41, 5.74) is 0.175. The number of carbonyl (C=O) groups is 1. The minimum Gasteiger partial charge on any atom is -0.247 e. The van der Waals surface area contributed by atoms with Gasteiger partial charge in [0.2, 0.25) is 0 Å². The second-order valence-corrected chi connectivity index (χ2v) is 5.48. The summed E-state index contributed by atoms with van der Waals surface area (Å²) in [7, 11) is 0. The van der Waals surface area contributed by atoms with Crippen LogP contribution in [0.2, 0.25) is 0 Å². The van der Waals surface area contributed by atoms with Crippen molar-refractivity contribution in [1.82, 2.24) is 0 Å². The fraction of sp³-hybridized carbons (Fsp3) is 0.909. The minimum atomic E-state index is -0.835. The summed E-state index contributed by atoms with van der Waals surface area (Å²) in [5.74, 6) is -0.445. The van der Waals surface area contributed by atoms with Crippen LogP contribution in [0.1, 0.15) is 40.0 Å². The molecule has 0 aromatic rings. The van der Waals surface area contributed by atoms with E-state index in [0.717, 1.165) is 12.8 Å². The molecule has 2 rings (SSSR count). The third kappa shape index (κ3) is 0.866. The van der Waals surface area contributed by atoms with E-state index in [1.807, 2.05) is 0 Å². The number of rotatable bonds is 1. The van der Waals surface area contributed by atoms with Gasteiger partial charge in [-0.1, -0.05) is 20.8 Å². The molecule has 2 unspecified atom stereocenters. The highest BCUT2D eigenvalue weighted by Crippen LogP contribution is 2.68. The average molecular weight is 181 g/mol. The lowest BCUT2D eigenvalue weighted by Gasteiger charge is -2.36. The Morgan fingerprint density at radius 1 is 1.31 bits per heavy atom. The highest BCUT2D eigenvalue weighted by atomic mass is 16.4. The molecular weight excluding hydrogens is 164 g/mol. The normalized spacial score (nSPS) is 46.7. The molecule has 0 aromatic carbocycles.